The summed E-state index contributed by atoms with van der Waals surface area (Å²) in [5.41, 5.74) is 0.945. The van der Waals surface area contributed by atoms with Crippen LogP contribution in [0.3, 0.4) is 0 Å². The van der Waals surface area contributed by atoms with Crippen LogP contribution in [0.1, 0.15) is 53.0 Å². The van der Waals surface area contributed by atoms with Crippen LogP contribution >= 0.6 is 0 Å². The molecule has 0 atom stereocenters. The third kappa shape index (κ3) is 2.98. The first-order valence-corrected chi connectivity index (χ1v) is 11.2. The van der Waals surface area contributed by atoms with E-state index in [2.05, 4.69) is 5.32 Å². The van der Waals surface area contributed by atoms with Crippen molar-refractivity contribution in [3.63, 3.8) is 0 Å². The molecule has 7 nitrogen and oxygen atoms in total. The Kier molecular flexibility index (Phi) is 4.44. The summed E-state index contributed by atoms with van der Waals surface area (Å²) in [6.07, 6.45) is 1.26. The molecule has 31 heavy (non-hydrogen) atoms. The van der Waals surface area contributed by atoms with Crippen LogP contribution in [0.15, 0.2) is 18.2 Å². The van der Waals surface area contributed by atoms with Crippen LogP contribution in [-0.4, -0.2) is 61.3 Å². The molecule has 166 valence electrons. The number of benzene rings is 1. The highest BCUT2D eigenvalue weighted by atomic mass is 16.7. The zero-order valence-corrected chi connectivity index (χ0v) is 19.0. The quantitative estimate of drug-likeness (QED) is 0.731. The van der Waals surface area contributed by atoms with Gasteiger partial charge >= 0.3 is 7.12 Å². The summed E-state index contributed by atoms with van der Waals surface area (Å²) in [5, 5.41) is 3.09. The molecule has 0 aromatic heterocycles. The molecule has 0 bridgehead atoms. The van der Waals surface area contributed by atoms with E-state index in [4.69, 9.17) is 14.0 Å². The number of nitrogens with zero attached hydrogens (tertiary/aromatic N) is 1. The van der Waals surface area contributed by atoms with Crippen LogP contribution in [0.2, 0.25) is 0 Å². The Morgan fingerprint density at radius 2 is 1.65 bits per heavy atom. The molecular weight excluding hydrogens is 395 g/mol. The molecule has 8 heteroatoms. The number of hydrogen-bond acceptors (Lipinski definition) is 5. The maximum atomic E-state index is 13.1. The van der Waals surface area contributed by atoms with E-state index in [9.17, 15) is 9.59 Å². The minimum Gasteiger partial charge on any atom is -0.399 e. The van der Waals surface area contributed by atoms with Crippen molar-refractivity contribution < 1.29 is 23.6 Å². The summed E-state index contributed by atoms with van der Waals surface area (Å²) in [4.78, 5) is 27.8. The van der Waals surface area contributed by atoms with Crippen LogP contribution in [-0.2, 0) is 29.0 Å². The van der Waals surface area contributed by atoms with Crippen molar-refractivity contribution in [1.29, 1.82) is 0 Å². The summed E-state index contributed by atoms with van der Waals surface area (Å²) < 4.78 is 17.6. The lowest BCUT2D eigenvalue weighted by molar-refractivity contribution is -0.170. The van der Waals surface area contributed by atoms with E-state index in [-0.39, 0.29) is 11.8 Å². The molecule has 2 amide bonds. The zero-order chi connectivity index (χ0) is 22.2. The molecule has 1 aromatic rings. The fourth-order valence-corrected chi connectivity index (χ4v) is 5.07. The zero-order valence-electron chi connectivity index (χ0n) is 19.0. The van der Waals surface area contributed by atoms with Gasteiger partial charge in [-0.05, 0) is 64.6 Å². The molecule has 4 aliphatic heterocycles. The normalized spacial score (nSPS) is 27.1. The number of likely N-dealkylation sites (tertiary alicyclic amines) is 1. The number of ether oxygens (including phenoxy) is 1. The van der Waals surface area contributed by atoms with Gasteiger partial charge in [0, 0.05) is 18.8 Å². The van der Waals surface area contributed by atoms with Crippen LogP contribution in [0.5, 0.6) is 0 Å². The molecule has 1 N–H and O–H groups in total. The average Bonchev–Trinajstić information content (AvgIpc) is 3.08. The molecule has 0 radical (unpaired) electrons. The molecule has 4 heterocycles. The van der Waals surface area contributed by atoms with Crippen molar-refractivity contribution in [2.45, 2.75) is 64.1 Å². The number of hydrogen-bond donors (Lipinski definition) is 1. The number of carbonyl (C=O) groups is 2. The van der Waals surface area contributed by atoms with E-state index in [1.807, 2.05) is 57.7 Å². The monoisotopic (exact) mass is 426 g/mol. The van der Waals surface area contributed by atoms with Crippen LogP contribution in [0.25, 0.3) is 0 Å². The molecule has 3 saturated heterocycles. The van der Waals surface area contributed by atoms with Gasteiger partial charge in [-0.1, -0.05) is 12.1 Å². The highest BCUT2D eigenvalue weighted by molar-refractivity contribution is 6.62. The summed E-state index contributed by atoms with van der Waals surface area (Å²) in [7, 11) is -0.464. The smallest absolute Gasteiger partial charge is 0.399 e. The second-order valence-corrected chi connectivity index (χ2v) is 10.8. The number of amides is 2. The third-order valence-corrected chi connectivity index (χ3v) is 8.03. The lowest BCUT2D eigenvalue weighted by atomic mass is 9.71. The number of nitrogens with one attached hydrogen (secondary N) is 1. The van der Waals surface area contributed by atoms with Crippen molar-refractivity contribution in [1.82, 2.24) is 4.90 Å². The van der Waals surface area contributed by atoms with E-state index in [0.29, 0.717) is 39.1 Å². The van der Waals surface area contributed by atoms with Crippen molar-refractivity contribution in [2.24, 2.45) is 5.41 Å². The Labute approximate surface area is 183 Å². The van der Waals surface area contributed by atoms with Gasteiger partial charge in [0.1, 0.15) is 0 Å². The van der Waals surface area contributed by atoms with Gasteiger partial charge in [0.25, 0.3) is 0 Å². The van der Waals surface area contributed by atoms with Crippen LogP contribution < -0.4 is 10.8 Å². The Hall–Kier alpha value is -1.90. The number of piperidine rings is 1. The molecule has 3 fully saturated rings. The van der Waals surface area contributed by atoms with Gasteiger partial charge in [0.15, 0.2) is 0 Å². The second-order valence-electron chi connectivity index (χ2n) is 10.8. The van der Waals surface area contributed by atoms with Crippen molar-refractivity contribution in [3.8, 4) is 0 Å². The van der Waals surface area contributed by atoms with E-state index in [0.717, 1.165) is 16.7 Å². The average molecular weight is 426 g/mol. The largest absolute Gasteiger partial charge is 0.494 e. The van der Waals surface area contributed by atoms with Crippen LogP contribution in [0.4, 0.5) is 5.69 Å². The molecule has 5 rings (SSSR count). The number of anilines is 1. The van der Waals surface area contributed by atoms with Gasteiger partial charge < -0.3 is 24.3 Å². The predicted molar refractivity (Wildman–Crippen MR) is 117 cm³/mol. The van der Waals surface area contributed by atoms with E-state index >= 15 is 0 Å². The number of carbonyl (C=O) groups excluding carboxylic acids is 2. The minimum atomic E-state index is -0.572. The summed E-state index contributed by atoms with van der Waals surface area (Å²) >= 11 is 0. The second kappa shape index (κ2) is 6.56. The SMILES string of the molecule is CC1(C(=O)N2CCC3(CC2)C(=O)Nc2cc(B4OC(C)(C)C(C)(C)O4)ccc23)COC1. The highest BCUT2D eigenvalue weighted by Crippen LogP contribution is 2.46. The van der Waals surface area contributed by atoms with Gasteiger partial charge in [-0.15, -0.1) is 0 Å². The molecular formula is C23H31BN2O5. The molecule has 4 aliphatic rings. The fourth-order valence-electron chi connectivity index (χ4n) is 5.07. The van der Waals surface area contributed by atoms with Gasteiger partial charge in [-0.3, -0.25) is 9.59 Å². The summed E-state index contributed by atoms with van der Waals surface area (Å²) in [5.74, 6) is 0.169. The minimum absolute atomic E-state index is 0.0267. The Morgan fingerprint density at radius 3 is 2.19 bits per heavy atom. The predicted octanol–water partition coefficient (Wildman–Crippen LogP) is 1.83. The topological polar surface area (TPSA) is 77.1 Å². The van der Waals surface area contributed by atoms with Gasteiger partial charge in [-0.2, -0.15) is 0 Å². The fraction of sp³-hybridized carbons (Fsp3) is 0.652. The Balaban J connectivity index is 1.35. The maximum absolute atomic E-state index is 13.1. The first-order valence-electron chi connectivity index (χ1n) is 11.2. The molecule has 0 aliphatic carbocycles. The van der Waals surface area contributed by atoms with Crippen molar-refractivity contribution in [2.75, 3.05) is 31.6 Å². The first kappa shape index (κ1) is 21.0. The highest BCUT2D eigenvalue weighted by Gasteiger charge is 2.54. The van der Waals surface area contributed by atoms with E-state index in [1.165, 1.54) is 0 Å². The number of rotatable bonds is 2. The van der Waals surface area contributed by atoms with Gasteiger partial charge in [0.05, 0.1) is 35.2 Å². The lowest BCUT2D eigenvalue weighted by Crippen LogP contribution is -2.57. The Bertz CT molecular complexity index is 931. The molecule has 1 spiro atoms. The molecule has 0 saturated carbocycles. The Morgan fingerprint density at radius 1 is 1.03 bits per heavy atom. The lowest BCUT2D eigenvalue weighted by Gasteiger charge is -2.44. The maximum Gasteiger partial charge on any atom is 0.494 e. The third-order valence-electron chi connectivity index (χ3n) is 8.03. The van der Waals surface area contributed by atoms with Crippen molar-refractivity contribution in [3.05, 3.63) is 23.8 Å². The first-order chi connectivity index (χ1) is 14.5. The summed E-state index contributed by atoms with van der Waals surface area (Å²) in [6, 6.07) is 6.02. The summed E-state index contributed by atoms with van der Waals surface area (Å²) in [6.45, 7) is 12.2. The van der Waals surface area contributed by atoms with Gasteiger partial charge in [0.2, 0.25) is 11.8 Å². The van der Waals surface area contributed by atoms with E-state index < -0.39 is 29.2 Å². The number of fused-ring (bicyclic) bond motifs is 2. The van der Waals surface area contributed by atoms with Crippen LogP contribution in [0, 0.1) is 5.41 Å². The van der Waals surface area contributed by atoms with Gasteiger partial charge in [-0.25, -0.2) is 0 Å². The standard InChI is InChI=1S/C23H31BN2O5/c1-20(2)21(3,4)31-24(30-20)15-6-7-16-17(12-15)25-18(27)23(16)8-10-26(11-9-23)19(28)22(5)13-29-14-22/h6-7,12H,8-11,13-14H2,1-5H3,(H,25,27). The molecule has 0 unspecified atom stereocenters. The molecule has 1 aromatic carbocycles. The van der Waals surface area contributed by atoms with Crippen molar-refractivity contribution >= 4 is 30.1 Å². The van der Waals surface area contributed by atoms with E-state index in [1.54, 1.807) is 0 Å².